The highest BCUT2D eigenvalue weighted by atomic mass is 79.9. The lowest BCUT2D eigenvalue weighted by Crippen LogP contribution is -2.17. The molecule has 7 nitrogen and oxygen atoms in total. The van der Waals surface area contributed by atoms with Gasteiger partial charge in [-0.1, -0.05) is 13.8 Å². The minimum Gasteiger partial charge on any atom is -0.354 e. The molecule has 0 bridgehead atoms. The van der Waals surface area contributed by atoms with E-state index in [2.05, 4.69) is 48.3 Å². The number of anilines is 1. The first-order chi connectivity index (χ1) is 10.2. The van der Waals surface area contributed by atoms with Gasteiger partial charge in [-0.3, -0.25) is 4.57 Å². The van der Waals surface area contributed by atoms with Crippen molar-refractivity contribution in [3.63, 3.8) is 0 Å². The lowest BCUT2D eigenvalue weighted by atomic mass is 10.5. The normalized spacial score (nSPS) is 10.8. The van der Waals surface area contributed by atoms with E-state index < -0.39 is 0 Å². The minimum absolute atomic E-state index is 0.200. The summed E-state index contributed by atoms with van der Waals surface area (Å²) < 4.78 is 2.38. The zero-order valence-electron chi connectivity index (χ0n) is 11.9. The van der Waals surface area contributed by atoms with Crippen molar-refractivity contribution in [1.82, 2.24) is 24.7 Å². The Morgan fingerprint density at radius 2 is 2.24 bits per heavy atom. The average molecular weight is 373 g/mol. The van der Waals surface area contributed by atoms with E-state index in [0.717, 1.165) is 28.9 Å². The van der Waals surface area contributed by atoms with Gasteiger partial charge in [0.1, 0.15) is 5.03 Å². The van der Waals surface area contributed by atoms with E-state index in [1.807, 2.05) is 6.92 Å². The van der Waals surface area contributed by atoms with Crippen LogP contribution >= 0.6 is 27.7 Å². The van der Waals surface area contributed by atoms with E-state index in [1.165, 1.54) is 11.8 Å². The molecule has 0 saturated carbocycles. The summed E-state index contributed by atoms with van der Waals surface area (Å²) in [4.78, 5) is 20.3. The Morgan fingerprint density at radius 3 is 2.95 bits per heavy atom. The fourth-order valence-electron chi connectivity index (χ4n) is 1.63. The molecule has 0 aliphatic rings. The zero-order chi connectivity index (χ0) is 15.2. The van der Waals surface area contributed by atoms with Crippen LogP contribution in [0.5, 0.6) is 0 Å². The van der Waals surface area contributed by atoms with E-state index in [1.54, 1.807) is 10.8 Å². The van der Waals surface area contributed by atoms with Gasteiger partial charge in [0.2, 0.25) is 5.95 Å². The molecule has 0 saturated heterocycles. The Morgan fingerprint density at radius 1 is 1.43 bits per heavy atom. The molecule has 0 fully saturated rings. The molecule has 21 heavy (non-hydrogen) atoms. The van der Waals surface area contributed by atoms with Crippen LogP contribution < -0.4 is 11.0 Å². The SMILES string of the molecule is CCCNc1ncc(Br)c(Sc2n[nH]c(=O)n2CCC)n1. The van der Waals surface area contributed by atoms with Gasteiger partial charge in [0.15, 0.2) is 5.16 Å². The number of aromatic amines is 1. The number of hydrogen-bond donors (Lipinski definition) is 2. The van der Waals surface area contributed by atoms with Gasteiger partial charge in [0, 0.05) is 19.3 Å². The molecule has 0 radical (unpaired) electrons. The molecule has 0 aliphatic carbocycles. The highest BCUT2D eigenvalue weighted by Crippen LogP contribution is 2.30. The fourth-order valence-corrected chi connectivity index (χ4v) is 2.90. The van der Waals surface area contributed by atoms with E-state index in [9.17, 15) is 4.79 Å². The van der Waals surface area contributed by atoms with Crippen LogP contribution in [0.4, 0.5) is 5.95 Å². The van der Waals surface area contributed by atoms with E-state index >= 15 is 0 Å². The van der Waals surface area contributed by atoms with Crippen molar-refractivity contribution in [3.8, 4) is 0 Å². The predicted octanol–water partition coefficient (Wildman–Crippen LogP) is 2.51. The summed E-state index contributed by atoms with van der Waals surface area (Å²) in [6, 6.07) is 0. The van der Waals surface area contributed by atoms with Crippen molar-refractivity contribution in [3.05, 3.63) is 21.2 Å². The van der Waals surface area contributed by atoms with E-state index in [4.69, 9.17) is 0 Å². The Balaban J connectivity index is 2.24. The van der Waals surface area contributed by atoms with Crippen LogP contribution in [0, 0.1) is 0 Å². The molecular weight excluding hydrogens is 356 g/mol. The maximum Gasteiger partial charge on any atom is 0.343 e. The van der Waals surface area contributed by atoms with E-state index in [0.29, 0.717) is 17.6 Å². The molecular formula is C12H17BrN6OS. The van der Waals surface area contributed by atoms with Crippen molar-refractivity contribution >= 4 is 33.6 Å². The van der Waals surface area contributed by atoms with Gasteiger partial charge in [-0.15, -0.1) is 5.10 Å². The Labute approximate surface area is 135 Å². The number of halogens is 1. The summed E-state index contributed by atoms with van der Waals surface area (Å²) in [7, 11) is 0. The molecule has 0 aliphatic heterocycles. The van der Waals surface area contributed by atoms with Gasteiger partial charge in [-0.25, -0.2) is 19.9 Å². The van der Waals surface area contributed by atoms with Gasteiger partial charge in [-0.2, -0.15) is 0 Å². The van der Waals surface area contributed by atoms with Crippen molar-refractivity contribution in [1.29, 1.82) is 0 Å². The number of rotatable bonds is 7. The Hall–Kier alpha value is -1.35. The van der Waals surface area contributed by atoms with Crippen molar-refractivity contribution in [2.24, 2.45) is 0 Å². The third-order valence-corrected chi connectivity index (χ3v) is 4.45. The van der Waals surface area contributed by atoms with Crippen LogP contribution in [-0.4, -0.2) is 31.3 Å². The predicted molar refractivity (Wildman–Crippen MR) is 85.8 cm³/mol. The highest BCUT2D eigenvalue weighted by Gasteiger charge is 2.13. The molecule has 2 heterocycles. The van der Waals surface area contributed by atoms with Crippen LogP contribution in [0.2, 0.25) is 0 Å². The number of nitrogens with zero attached hydrogens (tertiary/aromatic N) is 4. The molecule has 2 aromatic rings. The number of hydrogen-bond acceptors (Lipinski definition) is 6. The topological polar surface area (TPSA) is 88.5 Å². The lowest BCUT2D eigenvalue weighted by molar-refractivity contribution is 0.603. The molecule has 9 heteroatoms. The van der Waals surface area contributed by atoms with Crippen molar-refractivity contribution in [2.75, 3.05) is 11.9 Å². The molecule has 0 spiro atoms. The molecule has 2 aromatic heterocycles. The molecule has 0 unspecified atom stereocenters. The molecule has 2 rings (SSSR count). The monoisotopic (exact) mass is 372 g/mol. The molecule has 0 atom stereocenters. The standard InChI is InChI=1S/C12H17BrN6OS/c1-3-5-14-10-15-7-8(13)9(16-10)21-12-18-17-11(20)19(12)6-4-2/h7H,3-6H2,1-2H3,(H,17,20)(H,14,15,16). The van der Waals surface area contributed by atoms with Crippen LogP contribution in [0.1, 0.15) is 26.7 Å². The quantitative estimate of drug-likeness (QED) is 0.725. The largest absolute Gasteiger partial charge is 0.354 e. The highest BCUT2D eigenvalue weighted by molar-refractivity contribution is 9.10. The van der Waals surface area contributed by atoms with Gasteiger partial charge in [-0.05, 0) is 40.5 Å². The molecule has 2 N–H and O–H groups in total. The van der Waals surface area contributed by atoms with Gasteiger partial charge >= 0.3 is 5.69 Å². The first kappa shape index (κ1) is 16.0. The van der Waals surface area contributed by atoms with Crippen molar-refractivity contribution < 1.29 is 0 Å². The van der Waals surface area contributed by atoms with Crippen LogP contribution in [0.3, 0.4) is 0 Å². The Kier molecular flexibility index (Phi) is 5.80. The summed E-state index contributed by atoms with van der Waals surface area (Å²) in [6.45, 7) is 5.53. The number of aromatic nitrogens is 5. The summed E-state index contributed by atoms with van der Waals surface area (Å²) in [6.07, 6.45) is 3.56. The average Bonchev–Trinajstić information content (AvgIpc) is 2.81. The van der Waals surface area contributed by atoms with Crippen LogP contribution in [0.15, 0.2) is 25.6 Å². The second-order valence-corrected chi connectivity index (χ2v) is 6.15. The summed E-state index contributed by atoms with van der Waals surface area (Å²) >= 11 is 4.76. The second-order valence-electron chi connectivity index (χ2n) is 4.34. The first-order valence-electron chi connectivity index (χ1n) is 6.75. The smallest absolute Gasteiger partial charge is 0.343 e. The van der Waals surface area contributed by atoms with Crippen molar-refractivity contribution in [2.45, 2.75) is 43.4 Å². The van der Waals surface area contributed by atoms with Crippen LogP contribution in [0.25, 0.3) is 0 Å². The minimum atomic E-state index is -0.200. The number of nitrogens with one attached hydrogen (secondary N) is 2. The van der Waals surface area contributed by atoms with Gasteiger partial charge in [0.05, 0.1) is 4.47 Å². The lowest BCUT2D eigenvalue weighted by Gasteiger charge is -2.07. The third-order valence-electron chi connectivity index (χ3n) is 2.60. The Bertz CT molecular complexity index is 655. The zero-order valence-corrected chi connectivity index (χ0v) is 14.3. The maximum atomic E-state index is 11.7. The summed E-state index contributed by atoms with van der Waals surface area (Å²) in [5.74, 6) is 0.572. The van der Waals surface area contributed by atoms with Gasteiger partial charge in [0.25, 0.3) is 0 Å². The van der Waals surface area contributed by atoms with Gasteiger partial charge < -0.3 is 5.32 Å². The maximum absolute atomic E-state index is 11.7. The molecule has 0 amide bonds. The first-order valence-corrected chi connectivity index (χ1v) is 8.36. The second kappa shape index (κ2) is 7.60. The molecule has 114 valence electrons. The number of H-pyrrole nitrogens is 1. The summed E-state index contributed by atoms with van der Waals surface area (Å²) in [5, 5.41) is 11.0. The third kappa shape index (κ3) is 4.07. The fraction of sp³-hybridized carbons (Fsp3) is 0.500. The van der Waals surface area contributed by atoms with E-state index in [-0.39, 0.29) is 5.69 Å². The van der Waals surface area contributed by atoms with Crippen LogP contribution in [-0.2, 0) is 6.54 Å². The summed E-state index contributed by atoms with van der Waals surface area (Å²) in [5.41, 5.74) is -0.200. The molecule has 0 aromatic carbocycles.